The standard InChI is InChI=1S/C25H32N5OP/c1-5-8-28-9-6-19(7-10-28)20-11-16(2)25-29(15-20)24(31)13-23(32-25)21-12-22-18(4)26-17(3)14-30(22)27-21/h11-15,19,25,32H,5-10H2,1-4H3. The summed E-state index contributed by atoms with van der Waals surface area (Å²) in [6.07, 6.45) is 11.8. The highest BCUT2D eigenvalue weighted by Gasteiger charge is 2.34. The summed E-state index contributed by atoms with van der Waals surface area (Å²) in [4.78, 5) is 22.3. The number of allylic oxidation sites excluding steroid dienone is 2. The molecule has 6 nitrogen and oxygen atoms in total. The topological polar surface area (TPSA) is 53.7 Å². The molecule has 0 bridgehead atoms. The molecule has 1 saturated heterocycles. The second kappa shape index (κ2) is 8.57. The van der Waals surface area contributed by atoms with Gasteiger partial charge in [0.25, 0.3) is 5.91 Å². The summed E-state index contributed by atoms with van der Waals surface area (Å²) in [5.41, 5.74) is 6.40. The van der Waals surface area contributed by atoms with E-state index in [9.17, 15) is 4.79 Å². The number of fused-ring (bicyclic) bond motifs is 2. The minimum Gasteiger partial charge on any atom is -0.304 e. The van der Waals surface area contributed by atoms with Crippen molar-refractivity contribution in [3.05, 3.63) is 58.8 Å². The van der Waals surface area contributed by atoms with E-state index >= 15 is 0 Å². The van der Waals surface area contributed by atoms with Gasteiger partial charge in [-0.25, -0.2) is 4.52 Å². The lowest BCUT2D eigenvalue weighted by molar-refractivity contribution is -0.123. The van der Waals surface area contributed by atoms with Crippen molar-refractivity contribution in [2.75, 3.05) is 19.6 Å². The third-order valence-electron chi connectivity index (χ3n) is 6.84. The van der Waals surface area contributed by atoms with E-state index in [1.807, 2.05) is 29.5 Å². The van der Waals surface area contributed by atoms with E-state index in [0.717, 1.165) is 41.0 Å². The summed E-state index contributed by atoms with van der Waals surface area (Å²) in [5.74, 6) is 0.732. The van der Waals surface area contributed by atoms with E-state index in [0.29, 0.717) is 14.5 Å². The number of carbonyl (C=O) groups excluding carboxylic acids is 1. The highest BCUT2D eigenvalue weighted by Crippen LogP contribution is 2.47. The Balaban J connectivity index is 1.39. The Morgan fingerprint density at radius 1 is 1.16 bits per heavy atom. The summed E-state index contributed by atoms with van der Waals surface area (Å²) >= 11 is 0. The average molecular weight is 450 g/mol. The molecular weight excluding hydrogens is 417 g/mol. The van der Waals surface area contributed by atoms with Crippen LogP contribution < -0.4 is 0 Å². The molecule has 0 saturated carbocycles. The zero-order valence-corrected chi connectivity index (χ0v) is 20.4. The second-order valence-electron chi connectivity index (χ2n) is 9.31. The van der Waals surface area contributed by atoms with E-state index in [1.165, 1.54) is 37.0 Å². The number of rotatable bonds is 4. The Morgan fingerprint density at radius 2 is 1.94 bits per heavy atom. The van der Waals surface area contributed by atoms with Gasteiger partial charge in [-0.1, -0.05) is 21.6 Å². The first-order chi connectivity index (χ1) is 15.4. The van der Waals surface area contributed by atoms with Gasteiger partial charge in [-0.15, -0.1) is 0 Å². The van der Waals surface area contributed by atoms with Gasteiger partial charge >= 0.3 is 0 Å². The van der Waals surface area contributed by atoms with Gasteiger partial charge in [0.2, 0.25) is 0 Å². The summed E-state index contributed by atoms with van der Waals surface area (Å²) in [6, 6.07) is 2.07. The fourth-order valence-electron chi connectivity index (χ4n) is 5.19. The molecule has 2 aromatic rings. The van der Waals surface area contributed by atoms with Crippen LogP contribution in [0, 0.1) is 19.8 Å². The molecule has 1 amide bonds. The van der Waals surface area contributed by atoms with Crippen LogP contribution in [-0.2, 0) is 4.79 Å². The van der Waals surface area contributed by atoms with Crippen molar-refractivity contribution in [3.63, 3.8) is 0 Å². The Bertz CT molecular complexity index is 1150. The highest BCUT2D eigenvalue weighted by atomic mass is 31.1. The molecule has 1 fully saturated rings. The number of piperidine rings is 1. The number of hydrogen-bond acceptors (Lipinski definition) is 4. The van der Waals surface area contributed by atoms with Crippen LogP contribution in [0.1, 0.15) is 50.2 Å². The van der Waals surface area contributed by atoms with Gasteiger partial charge in [-0.05, 0) is 82.8 Å². The fourth-order valence-corrected chi connectivity index (χ4v) is 6.62. The molecule has 0 radical (unpaired) electrons. The number of nitrogens with zero attached hydrogens (tertiary/aromatic N) is 5. The summed E-state index contributed by atoms with van der Waals surface area (Å²) in [6.45, 7) is 11.9. The largest absolute Gasteiger partial charge is 0.304 e. The molecule has 0 N–H and O–H groups in total. The molecule has 5 heterocycles. The Hall–Kier alpha value is -2.30. The van der Waals surface area contributed by atoms with Crippen molar-refractivity contribution in [3.8, 4) is 0 Å². The van der Waals surface area contributed by atoms with Gasteiger partial charge in [0, 0.05) is 17.6 Å². The number of amides is 1. The Morgan fingerprint density at radius 3 is 2.69 bits per heavy atom. The molecule has 3 aliphatic heterocycles. The number of likely N-dealkylation sites (tertiary alicyclic amines) is 1. The Kier molecular flexibility index (Phi) is 5.77. The minimum absolute atomic E-state index is 0.0696. The number of aromatic nitrogens is 3. The SMILES string of the molecule is CCCN1CCC(C2=CN3C(=O)C=C(c4cc5c(C)nc(C)cn5n4)PC3C(C)=C2)CC1. The van der Waals surface area contributed by atoms with Gasteiger partial charge in [-0.3, -0.25) is 9.78 Å². The van der Waals surface area contributed by atoms with Gasteiger partial charge in [0.15, 0.2) is 0 Å². The van der Waals surface area contributed by atoms with Crippen molar-refractivity contribution < 1.29 is 4.79 Å². The maximum absolute atomic E-state index is 13.2. The quantitative estimate of drug-likeness (QED) is 0.645. The predicted octanol–water partition coefficient (Wildman–Crippen LogP) is 4.50. The third-order valence-corrected chi connectivity index (χ3v) is 8.56. The van der Waals surface area contributed by atoms with Crippen molar-refractivity contribution in [1.82, 2.24) is 24.4 Å². The maximum atomic E-state index is 13.2. The average Bonchev–Trinajstić information content (AvgIpc) is 3.19. The van der Waals surface area contributed by atoms with Crippen LogP contribution in [-0.4, -0.2) is 55.7 Å². The van der Waals surface area contributed by atoms with Gasteiger partial charge in [0.05, 0.1) is 34.6 Å². The molecule has 0 spiro atoms. The molecule has 5 rings (SSSR count). The van der Waals surface area contributed by atoms with E-state index in [-0.39, 0.29) is 11.7 Å². The highest BCUT2D eigenvalue weighted by molar-refractivity contribution is 7.51. The van der Waals surface area contributed by atoms with E-state index < -0.39 is 0 Å². The monoisotopic (exact) mass is 449 g/mol. The third kappa shape index (κ3) is 3.95. The lowest BCUT2D eigenvalue weighted by atomic mass is 9.87. The maximum Gasteiger partial charge on any atom is 0.252 e. The lowest BCUT2D eigenvalue weighted by Crippen LogP contribution is -2.39. The van der Waals surface area contributed by atoms with E-state index in [2.05, 4.69) is 42.1 Å². The van der Waals surface area contributed by atoms with Crippen LogP contribution in [0.3, 0.4) is 0 Å². The molecule has 2 atom stereocenters. The summed E-state index contributed by atoms with van der Waals surface area (Å²) in [5, 5.41) is 5.81. The first kappa shape index (κ1) is 21.5. The van der Waals surface area contributed by atoms with E-state index in [4.69, 9.17) is 5.10 Å². The first-order valence-electron chi connectivity index (χ1n) is 11.7. The number of hydrogen-bond donors (Lipinski definition) is 0. The fraction of sp³-hybridized carbons (Fsp3) is 0.480. The lowest BCUT2D eigenvalue weighted by Gasteiger charge is -2.39. The molecule has 3 aliphatic rings. The molecule has 2 aromatic heterocycles. The Labute approximate surface area is 191 Å². The second-order valence-corrected chi connectivity index (χ2v) is 10.7. The predicted molar refractivity (Wildman–Crippen MR) is 131 cm³/mol. The van der Waals surface area contributed by atoms with Crippen molar-refractivity contribution in [2.24, 2.45) is 5.92 Å². The van der Waals surface area contributed by atoms with Crippen molar-refractivity contribution in [2.45, 2.75) is 52.7 Å². The normalized spacial score (nSPS) is 23.4. The van der Waals surface area contributed by atoms with Gasteiger partial charge in [-0.2, -0.15) is 5.10 Å². The molecule has 32 heavy (non-hydrogen) atoms. The number of aryl methyl sites for hydroxylation is 2. The zero-order chi connectivity index (χ0) is 22.4. The smallest absolute Gasteiger partial charge is 0.252 e. The summed E-state index contributed by atoms with van der Waals surface area (Å²) in [7, 11) is 0.488. The van der Waals surface area contributed by atoms with Gasteiger partial charge < -0.3 is 9.80 Å². The molecule has 168 valence electrons. The van der Waals surface area contributed by atoms with Gasteiger partial charge in [0.1, 0.15) is 0 Å². The molecular formula is C25H32N5OP. The minimum atomic E-state index is 0.0696. The first-order valence-corrected chi connectivity index (χ1v) is 12.8. The summed E-state index contributed by atoms with van der Waals surface area (Å²) < 4.78 is 1.89. The van der Waals surface area contributed by atoms with E-state index in [1.54, 1.807) is 6.08 Å². The van der Waals surface area contributed by atoms with Crippen molar-refractivity contribution >= 4 is 25.3 Å². The number of carbonyl (C=O) groups is 1. The molecule has 0 aliphatic carbocycles. The molecule has 7 heteroatoms. The van der Waals surface area contributed by atoms with Crippen molar-refractivity contribution in [1.29, 1.82) is 0 Å². The van der Waals surface area contributed by atoms with Crippen LogP contribution in [0.4, 0.5) is 0 Å². The van der Waals surface area contributed by atoms with Crippen LogP contribution >= 0.6 is 8.58 Å². The van der Waals surface area contributed by atoms with Crippen LogP contribution in [0.5, 0.6) is 0 Å². The zero-order valence-electron chi connectivity index (χ0n) is 19.4. The van der Waals surface area contributed by atoms with Crippen LogP contribution in [0.2, 0.25) is 0 Å². The molecule has 0 aromatic carbocycles. The molecule has 2 unspecified atom stereocenters. The van der Waals surface area contributed by atoms with Crippen LogP contribution in [0.15, 0.2) is 41.8 Å². The van der Waals surface area contributed by atoms with Crippen LogP contribution in [0.25, 0.3) is 10.8 Å².